The fourth-order valence-electron chi connectivity index (χ4n) is 3.69. The van der Waals surface area contributed by atoms with Crippen molar-refractivity contribution in [2.45, 2.75) is 44.1 Å². The van der Waals surface area contributed by atoms with Crippen molar-refractivity contribution >= 4 is 0 Å². The van der Waals surface area contributed by atoms with Crippen LogP contribution in [-0.4, -0.2) is 26.9 Å². The molecule has 0 unspecified atom stereocenters. The molecular weight excluding hydrogens is 266 g/mol. The van der Waals surface area contributed by atoms with E-state index in [1.807, 2.05) is 0 Å². The van der Waals surface area contributed by atoms with Crippen LogP contribution >= 0.6 is 0 Å². The van der Waals surface area contributed by atoms with E-state index in [1.54, 1.807) is 7.11 Å². The molecule has 21 heavy (non-hydrogen) atoms. The highest BCUT2D eigenvalue weighted by atomic mass is 16.6. The summed E-state index contributed by atoms with van der Waals surface area (Å²) in [6, 6.07) is 4.29. The minimum atomic E-state index is 0.0502. The fraction of sp³-hybridized carbons (Fsp3) is 0.647. The monoisotopic (exact) mass is 291 g/mol. The van der Waals surface area contributed by atoms with Crippen LogP contribution in [0.1, 0.15) is 43.2 Å². The summed E-state index contributed by atoms with van der Waals surface area (Å²) in [6.45, 7) is 2.42. The maximum atomic E-state index is 6.18. The largest absolute Gasteiger partial charge is 0.486 e. The molecule has 1 heterocycles. The van der Waals surface area contributed by atoms with Gasteiger partial charge in [-0.05, 0) is 12.8 Å². The van der Waals surface area contributed by atoms with E-state index in [4.69, 9.17) is 19.9 Å². The van der Waals surface area contributed by atoms with Crippen LogP contribution in [0, 0.1) is 0 Å². The minimum absolute atomic E-state index is 0.0502. The van der Waals surface area contributed by atoms with Crippen LogP contribution in [0.5, 0.6) is 11.5 Å². The molecule has 1 aromatic carbocycles. The van der Waals surface area contributed by atoms with E-state index >= 15 is 0 Å². The Labute approximate surface area is 126 Å². The first-order valence-electron chi connectivity index (χ1n) is 7.92. The number of methoxy groups -OCH3 is 1. The van der Waals surface area contributed by atoms with E-state index < -0.39 is 0 Å². The van der Waals surface area contributed by atoms with Gasteiger partial charge in [0.25, 0.3) is 0 Å². The van der Waals surface area contributed by atoms with Crippen molar-refractivity contribution in [3.8, 4) is 11.5 Å². The number of ether oxygens (including phenoxy) is 3. The Morgan fingerprint density at radius 2 is 1.81 bits per heavy atom. The number of rotatable bonds is 4. The number of benzene rings is 1. The molecule has 116 valence electrons. The molecule has 4 heteroatoms. The van der Waals surface area contributed by atoms with Crippen molar-refractivity contribution in [1.82, 2.24) is 0 Å². The van der Waals surface area contributed by atoms with Gasteiger partial charge in [0.05, 0.1) is 6.61 Å². The molecule has 1 aliphatic carbocycles. The van der Waals surface area contributed by atoms with Crippen molar-refractivity contribution in [2.24, 2.45) is 5.73 Å². The zero-order valence-electron chi connectivity index (χ0n) is 12.8. The van der Waals surface area contributed by atoms with E-state index in [0.717, 1.165) is 29.9 Å². The lowest BCUT2D eigenvalue weighted by molar-refractivity contribution is 0.148. The molecule has 0 atom stereocenters. The highest BCUT2D eigenvalue weighted by Crippen LogP contribution is 2.48. The van der Waals surface area contributed by atoms with E-state index in [2.05, 4.69) is 12.1 Å². The third-order valence-corrected chi connectivity index (χ3v) is 4.84. The zero-order chi connectivity index (χ0) is 14.7. The number of nitrogens with two attached hydrogens (primary N) is 1. The standard InChI is InChI=1S/C17H25NO3/c1-19-11-13-5-6-14(16-15(13)20-9-10-21-16)17(12-18)7-3-2-4-8-17/h5-6H,2-4,7-12,18H2,1H3. The lowest BCUT2D eigenvalue weighted by Crippen LogP contribution is -2.38. The Hall–Kier alpha value is -1.26. The average Bonchev–Trinajstić information content (AvgIpc) is 2.56. The molecule has 2 aliphatic rings. The second-order valence-corrected chi connectivity index (χ2v) is 6.11. The van der Waals surface area contributed by atoms with Gasteiger partial charge in [-0.1, -0.05) is 31.4 Å². The molecule has 1 aliphatic heterocycles. The van der Waals surface area contributed by atoms with Crippen molar-refractivity contribution in [3.05, 3.63) is 23.3 Å². The topological polar surface area (TPSA) is 53.7 Å². The first kappa shape index (κ1) is 14.7. The summed E-state index contributed by atoms with van der Waals surface area (Å²) in [5, 5.41) is 0. The molecular formula is C17H25NO3. The van der Waals surface area contributed by atoms with Gasteiger partial charge in [-0.25, -0.2) is 0 Å². The summed E-state index contributed by atoms with van der Waals surface area (Å²) >= 11 is 0. The minimum Gasteiger partial charge on any atom is -0.486 e. The highest BCUT2D eigenvalue weighted by molar-refractivity contribution is 5.55. The molecule has 0 saturated heterocycles. The third kappa shape index (κ3) is 2.62. The van der Waals surface area contributed by atoms with Crippen LogP contribution in [0.2, 0.25) is 0 Å². The lowest BCUT2D eigenvalue weighted by Gasteiger charge is -2.39. The number of hydrogen-bond acceptors (Lipinski definition) is 4. The van der Waals surface area contributed by atoms with Gasteiger partial charge in [0, 0.05) is 30.2 Å². The van der Waals surface area contributed by atoms with Crippen molar-refractivity contribution < 1.29 is 14.2 Å². The molecule has 0 amide bonds. The number of fused-ring (bicyclic) bond motifs is 1. The Morgan fingerprint density at radius 3 is 2.48 bits per heavy atom. The predicted octanol–water partition coefficient (Wildman–Crippen LogP) is 2.76. The maximum Gasteiger partial charge on any atom is 0.167 e. The maximum absolute atomic E-state index is 6.18. The lowest BCUT2D eigenvalue weighted by atomic mass is 9.69. The second kappa shape index (κ2) is 6.24. The molecule has 0 radical (unpaired) electrons. The summed E-state index contributed by atoms with van der Waals surface area (Å²) in [4.78, 5) is 0. The molecule has 0 spiro atoms. The summed E-state index contributed by atoms with van der Waals surface area (Å²) in [5.41, 5.74) is 8.52. The summed E-state index contributed by atoms with van der Waals surface area (Å²) in [5.74, 6) is 1.77. The Morgan fingerprint density at radius 1 is 1.10 bits per heavy atom. The van der Waals surface area contributed by atoms with Crippen molar-refractivity contribution in [2.75, 3.05) is 26.9 Å². The zero-order valence-corrected chi connectivity index (χ0v) is 12.8. The second-order valence-electron chi connectivity index (χ2n) is 6.11. The van der Waals surface area contributed by atoms with Crippen LogP contribution in [-0.2, 0) is 16.8 Å². The summed E-state index contributed by atoms with van der Waals surface area (Å²) in [7, 11) is 1.70. The first-order valence-corrected chi connectivity index (χ1v) is 7.92. The molecule has 0 aromatic heterocycles. The van der Waals surface area contributed by atoms with Crippen LogP contribution in [0.4, 0.5) is 0 Å². The van der Waals surface area contributed by atoms with Gasteiger partial charge >= 0.3 is 0 Å². The van der Waals surface area contributed by atoms with Gasteiger partial charge in [0.15, 0.2) is 11.5 Å². The Balaban J connectivity index is 2.05. The van der Waals surface area contributed by atoms with Crippen LogP contribution in [0.3, 0.4) is 0 Å². The van der Waals surface area contributed by atoms with Gasteiger partial charge in [0.2, 0.25) is 0 Å². The van der Waals surface area contributed by atoms with Gasteiger partial charge < -0.3 is 19.9 Å². The van der Waals surface area contributed by atoms with Gasteiger partial charge in [-0.3, -0.25) is 0 Å². The first-order chi connectivity index (χ1) is 10.3. The molecule has 3 rings (SSSR count). The average molecular weight is 291 g/mol. The van der Waals surface area contributed by atoms with Crippen molar-refractivity contribution in [1.29, 1.82) is 0 Å². The predicted molar refractivity (Wildman–Crippen MR) is 82.0 cm³/mol. The van der Waals surface area contributed by atoms with E-state index in [1.165, 1.54) is 24.8 Å². The summed E-state index contributed by atoms with van der Waals surface area (Å²) in [6.07, 6.45) is 6.08. The van der Waals surface area contributed by atoms with Crippen LogP contribution in [0.25, 0.3) is 0 Å². The van der Waals surface area contributed by atoms with E-state index in [9.17, 15) is 0 Å². The molecule has 1 aromatic rings. The molecule has 2 N–H and O–H groups in total. The molecule has 0 bridgehead atoms. The number of hydrogen-bond donors (Lipinski definition) is 1. The normalized spacial score (nSPS) is 20.3. The van der Waals surface area contributed by atoms with E-state index in [0.29, 0.717) is 26.4 Å². The Bertz CT molecular complexity index is 495. The van der Waals surface area contributed by atoms with Gasteiger partial charge in [-0.2, -0.15) is 0 Å². The van der Waals surface area contributed by atoms with Crippen LogP contribution < -0.4 is 15.2 Å². The third-order valence-electron chi connectivity index (χ3n) is 4.84. The van der Waals surface area contributed by atoms with Gasteiger partial charge in [-0.15, -0.1) is 0 Å². The quantitative estimate of drug-likeness (QED) is 0.927. The molecule has 4 nitrogen and oxygen atoms in total. The molecule has 1 fully saturated rings. The Kier molecular flexibility index (Phi) is 4.36. The van der Waals surface area contributed by atoms with Crippen LogP contribution in [0.15, 0.2) is 12.1 Å². The summed E-state index contributed by atoms with van der Waals surface area (Å²) < 4.78 is 17.1. The smallest absolute Gasteiger partial charge is 0.167 e. The van der Waals surface area contributed by atoms with Crippen molar-refractivity contribution in [3.63, 3.8) is 0 Å². The SMILES string of the molecule is COCc1ccc(C2(CN)CCCCC2)c2c1OCCO2. The molecule has 1 saturated carbocycles. The van der Waals surface area contributed by atoms with Gasteiger partial charge in [0.1, 0.15) is 13.2 Å². The fourth-order valence-corrected chi connectivity index (χ4v) is 3.69. The highest BCUT2D eigenvalue weighted by Gasteiger charge is 2.37. The van der Waals surface area contributed by atoms with E-state index in [-0.39, 0.29) is 5.41 Å².